The SMILES string of the molecule is COc1ccccc1[C@@H](C#N)NC(=O)CCCc1c[nH]c2ccccc12. The number of amides is 1. The van der Waals surface area contributed by atoms with Gasteiger partial charge < -0.3 is 15.0 Å². The molecule has 3 rings (SSSR count). The van der Waals surface area contributed by atoms with E-state index in [1.54, 1.807) is 19.2 Å². The smallest absolute Gasteiger partial charge is 0.221 e. The van der Waals surface area contributed by atoms with E-state index in [-0.39, 0.29) is 5.91 Å². The molecule has 0 unspecified atom stereocenters. The van der Waals surface area contributed by atoms with Gasteiger partial charge in [0.2, 0.25) is 5.91 Å². The quantitative estimate of drug-likeness (QED) is 0.681. The number of hydrogen-bond acceptors (Lipinski definition) is 3. The number of carbonyl (C=O) groups excluding carboxylic acids is 1. The first-order chi connectivity index (χ1) is 12.7. The lowest BCUT2D eigenvalue weighted by Crippen LogP contribution is -2.27. The Morgan fingerprint density at radius 2 is 2.00 bits per heavy atom. The Kier molecular flexibility index (Phi) is 5.55. The zero-order valence-electron chi connectivity index (χ0n) is 14.7. The van der Waals surface area contributed by atoms with Crippen LogP contribution in [0.5, 0.6) is 5.75 Å². The molecule has 0 fully saturated rings. The van der Waals surface area contributed by atoms with Crippen LogP contribution in [0.1, 0.15) is 30.0 Å². The average Bonchev–Trinajstić information content (AvgIpc) is 3.09. The van der Waals surface area contributed by atoms with Crippen LogP contribution in [0.3, 0.4) is 0 Å². The van der Waals surface area contributed by atoms with Gasteiger partial charge in [0.05, 0.1) is 13.2 Å². The van der Waals surface area contributed by atoms with Crippen molar-refractivity contribution in [2.75, 3.05) is 7.11 Å². The number of methoxy groups -OCH3 is 1. The number of ether oxygens (including phenoxy) is 1. The third-order valence-corrected chi connectivity index (χ3v) is 4.41. The normalized spacial score (nSPS) is 11.7. The summed E-state index contributed by atoms with van der Waals surface area (Å²) in [7, 11) is 1.55. The molecular weight excluding hydrogens is 326 g/mol. The van der Waals surface area contributed by atoms with E-state index >= 15 is 0 Å². The average molecular weight is 347 g/mol. The maximum atomic E-state index is 12.3. The Morgan fingerprint density at radius 1 is 1.23 bits per heavy atom. The maximum Gasteiger partial charge on any atom is 0.221 e. The van der Waals surface area contributed by atoms with Crippen molar-refractivity contribution in [1.29, 1.82) is 5.26 Å². The molecule has 0 aliphatic heterocycles. The zero-order chi connectivity index (χ0) is 18.4. The summed E-state index contributed by atoms with van der Waals surface area (Å²) < 4.78 is 5.27. The minimum absolute atomic E-state index is 0.137. The van der Waals surface area contributed by atoms with Crippen LogP contribution in [-0.2, 0) is 11.2 Å². The van der Waals surface area contributed by atoms with Gasteiger partial charge in [0, 0.05) is 29.1 Å². The molecule has 26 heavy (non-hydrogen) atoms. The van der Waals surface area contributed by atoms with Crippen molar-refractivity contribution >= 4 is 16.8 Å². The van der Waals surface area contributed by atoms with Crippen molar-refractivity contribution in [3.05, 3.63) is 65.9 Å². The Morgan fingerprint density at radius 3 is 2.81 bits per heavy atom. The molecule has 0 spiro atoms. The summed E-state index contributed by atoms with van der Waals surface area (Å²) in [6, 6.07) is 16.8. The Hall–Kier alpha value is -3.26. The van der Waals surface area contributed by atoms with Crippen LogP contribution >= 0.6 is 0 Å². The van der Waals surface area contributed by atoms with Gasteiger partial charge in [0.15, 0.2) is 0 Å². The predicted molar refractivity (Wildman–Crippen MR) is 101 cm³/mol. The maximum absolute atomic E-state index is 12.3. The molecule has 1 heterocycles. The molecule has 3 aromatic rings. The highest BCUT2D eigenvalue weighted by atomic mass is 16.5. The van der Waals surface area contributed by atoms with Gasteiger partial charge in [-0.3, -0.25) is 4.79 Å². The number of aromatic nitrogens is 1. The first-order valence-corrected chi connectivity index (χ1v) is 8.60. The summed E-state index contributed by atoms with van der Waals surface area (Å²) in [6.45, 7) is 0. The number of H-pyrrole nitrogens is 1. The second-order valence-corrected chi connectivity index (χ2v) is 6.08. The second-order valence-electron chi connectivity index (χ2n) is 6.08. The lowest BCUT2D eigenvalue weighted by atomic mass is 10.1. The third-order valence-electron chi connectivity index (χ3n) is 4.41. The fourth-order valence-electron chi connectivity index (χ4n) is 3.10. The number of aryl methyl sites for hydroxylation is 1. The molecule has 0 aliphatic rings. The van der Waals surface area contributed by atoms with E-state index in [0.29, 0.717) is 17.7 Å². The number of hydrogen-bond donors (Lipinski definition) is 2. The van der Waals surface area contributed by atoms with Crippen LogP contribution < -0.4 is 10.1 Å². The fraction of sp³-hybridized carbons (Fsp3) is 0.238. The molecule has 132 valence electrons. The van der Waals surface area contributed by atoms with Crippen molar-refractivity contribution in [3.8, 4) is 11.8 Å². The van der Waals surface area contributed by atoms with Crippen LogP contribution in [-0.4, -0.2) is 18.0 Å². The molecule has 5 heteroatoms. The number of carbonyl (C=O) groups is 1. The van der Waals surface area contributed by atoms with Crippen molar-refractivity contribution in [2.45, 2.75) is 25.3 Å². The lowest BCUT2D eigenvalue weighted by Gasteiger charge is -2.15. The number of para-hydroxylation sites is 2. The lowest BCUT2D eigenvalue weighted by molar-refractivity contribution is -0.121. The minimum Gasteiger partial charge on any atom is -0.496 e. The third kappa shape index (κ3) is 3.86. The molecule has 0 radical (unpaired) electrons. The number of aromatic amines is 1. The molecule has 5 nitrogen and oxygen atoms in total. The van der Waals surface area contributed by atoms with Crippen LogP contribution in [0.2, 0.25) is 0 Å². The van der Waals surface area contributed by atoms with Gasteiger partial charge >= 0.3 is 0 Å². The van der Waals surface area contributed by atoms with Gasteiger partial charge in [0.25, 0.3) is 0 Å². The number of fused-ring (bicyclic) bond motifs is 1. The van der Waals surface area contributed by atoms with Crippen molar-refractivity contribution in [2.24, 2.45) is 0 Å². The summed E-state index contributed by atoms with van der Waals surface area (Å²) in [4.78, 5) is 15.5. The van der Waals surface area contributed by atoms with E-state index in [2.05, 4.69) is 22.4 Å². The molecular formula is C21H21N3O2. The fourth-order valence-corrected chi connectivity index (χ4v) is 3.10. The number of rotatable bonds is 7. The van der Waals surface area contributed by atoms with Gasteiger partial charge in [-0.1, -0.05) is 36.4 Å². The van der Waals surface area contributed by atoms with Crippen LogP contribution in [0.15, 0.2) is 54.7 Å². The molecule has 0 bridgehead atoms. The Balaban J connectivity index is 1.57. The van der Waals surface area contributed by atoms with Gasteiger partial charge in [-0.25, -0.2) is 0 Å². The van der Waals surface area contributed by atoms with Crippen LogP contribution in [0, 0.1) is 11.3 Å². The molecule has 0 saturated heterocycles. The van der Waals surface area contributed by atoms with E-state index in [9.17, 15) is 10.1 Å². The van der Waals surface area contributed by atoms with E-state index < -0.39 is 6.04 Å². The highest BCUT2D eigenvalue weighted by Crippen LogP contribution is 2.24. The minimum atomic E-state index is -0.716. The standard InChI is InChI=1S/C21H21N3O2/c1-26-20-11-5-3-9-17(20)19(13-22)24-21(25)12-6-7-15-14-23-18-10-4-2-8-16(15)18/h2-5,8-11,14,19,23H,6-7,12H2,1H3,(H,24,25)/t19-/m1/s1. The van der Waals surface area contributed by atoms with E-state index in [0.717, 1.165) is 18.4 Å². The first kappa shape index (κ1) is 17.6. The highest BCUT2D eigenvalue weighted by molar-refractivity contribution is 5.83. The van der Waals surface area contributed by atoms with Crippen LogP contribution in [0.25, 0.3) is 10.9 Å². The Labute approximate surface area is 152 Å². The van der Waals surface area contributed by atoms with Crippen molar-refractivity contribution < 1.29 is 9.53 Å². The van der Waals surface area contributed by atoms with E-state index in [1.165, 1.54) is 10.9 Å². The largest absolute Gasteiger partial charge is 0.496 e. The molecule has 2 N–H and O–H groups in total. The van der Waals surface area contributed by atoms with Gasteiger partial charge in [-0.05, 0) is 30.5 Å². The number of nitriles is 1. The monoisotopic (exact) mass is 347 g/mol. The van der Waals surface area contributed by atoms with Gasteiger partial charge in [-0.15, -0.1) is 0 Å². The molecule has 1 atom stereocenters. The molecule has 0 saturated carbocycles. The number of benzene rings is 2. The zero-order valence-corrected chi connectivity index (χ0v) is 14.7. The number of nitrogens with one attached hydrogen (secondary N) is 2. The molecule has 1 amide bonds. The molecule has 0 aliphatic carbocycles. The molecule has 2 aromatic carbocycles. The summed E-state index contributed by atoms with van der Waals surface area (Å²) in [5, 5.41) is 13.4. The van der Waals surface area contributed by atoms with Crippen LogP contribution in [0.4, 0.5) is 0 Å². The first-order valence-electron chi connectivity index (χ1n) is 8.60. The topological polar surface area (TPSA) is 77.9 Å². The Bertz CT molecular complexity index is 940. The molecule has 1 aromatic heterocycles. The number of nitrogens with zero attached hydrogens (tertiary/aromatic N) is 1. The van der Waals surface area contributed by atoms with Crippen molar-refractivity contribution in [1.82, 2.24) is 10.3 Å². The second kappa shape index (κ2) is 8.21. The van der Waals surface area contributed by atoms with Gasteiger partial charge in [-0.2, -0.15) is 5.26 Å². The summed E-state index contributed by atoms with van der Waals surface area (Å²) in [5.41, 5.74) is 2.98. The summed E-state index contributed by atoms with van der Waals surface area (Å²) in [6.07, 6.45) is 3.89. The summed E-state index contributed by atoms with van der Waals surface area (Å²) >= 11 is 0. The summed E-state index contributed by atoms with van der Waals surface area (Å²) in [5.74, 6) is 0.459. The van der Waals surface area contributed by atoms with E-state index in [4.69, 9.17) is 4.74 Å². The predicted octanol–water partition coefficient (Wildman–Crippen LogP) is 3.88. The highest BCUT2D eigenvalue weighted by Gasteiger charge is 2.17. The van der Waals surface area contributed by atoms with Crippen molar-refractivity contribution in [3.63, 3.8) is 0 Å². The van der Waals surface area contributed by atoms with Gasteiger partial charge in [0.1, 0.15) is 11.8 Å². The van der Waals surface area contributed by atoms with E-state index in [1.807, 2.05) is 36.5 Å².